The molecule has 8 fully saturated rings. The second-order valence-corrected chi connectivity index (χ2v) is 38.8. The van der Waals surface area contributed by atoms with Gasteiger partial charge < -0.3 is 42.5 Å². The molecule has 8 aliphatic carbocycles. The van der Waals surface area contributed by atoms with E-state index in [-0.39, 0.29) is 87.1 Å². The van der Waals surface area contributed by atoms with Crippen molar-refractivity contribution in [3.05, 3.63) is 159 Å². The van der Waals surface area contributed by atoms with Gasteiger partial charge in [-0.1, -0.05) is 89.9 Å². The Morgan fingerprint density at radius 3 is 0.963 bits per heavy atom. The molecule has 4 heterocycles. The molecule has 0 spiro atoms. The van der Waals surface area contributed by atoms with Crippen LogP contribution in [-0.4, -0.2) is 67.7 Å². The van der Waals surface area contributed by atoms with E-state index in [0.717, 1.165) is 72.5 Å². The number of thiazole rings is 4. The molecule has 8 aromatic rings. The Bertz CT molecular complexity index is 4360. The lowest BCUT2D eigenvalue weighted by Gasteiger charge is -2.56. The van der Waals surface area contributed by atoms with E-state index in [1.807, 2.05) is 13.8 Å². The molecule has 4 aromatic heterocycles. The van der Waals surface area contributed by atoms with Crippen LogP contribution in [0, 0.1) is 118 Å². The summed E-state index contributed by atoms with van der Waals surface area (Å²) in [7, 11) is 0. The summed E-state index contributed by atoms with van der Waals surface area (Å²) in [4.78, 5) is 70.0. The van der Waals surface area contributed by atoms with Crippen molar-refractivity contribution in [2.75, 3.05) is 21.3 Å². The number of carbonyl (C=O) groups excluding carboxylic acids is 4. The van der Waals surface area contributed by atoms with Gasteiger partial charge in [0.15, 0.2) is 31.9 Å². The lowest BCUT2D eigenvalue weighted by atomic mass is 9.53. The smallest absolute Gasteiger partial charge is 0.272 e. The highest BCUT2D eigenvalue weighted by Gasteiger charge is 2.60. The van der Waals surface area contributed by atoms with E-state index in [2.05, 4.69) is 136 Å². The first-order valence-corrected chi connectivity index (χ1v) is 41.5. The maximum atomic E-state index is 13.4. The van der Waals surface area contributed by atoms with E-state index in [9.17, 15) is 54.3 Å². The third-order valence-corrected chi connectivity index (χ3v) is 29.2. The van der Waals surface area contributed by atoms with Gasteiger partial charge in [-0.25, -0.2) is 55.1 Å². The number of carbonyl (C=O) groups is 4. The summed E-state index contributed by atoms with van der Waals surface area (Å²) in [6.07, 6.45) is 18.9. The van der Waals surface area contributed by atoms with Crippen LogP contribution in [0.2, 0.25) is 0 Å². The van der Waals surface area contributed by atoms with E-state index < -0.39 is 46.5 Å². The van der Waals surface area contributed by atoms with Crippen LogP contribution in [0.15, 0.2) is 80.4 Å². The zero-order valence-electron chi connectivity index (χ0n) is 60.8. The van der Waals surface area contributed by atoms with Gasteiger partial charge in [-0.3, -0.25) is 19.2 Å². The number of rotatable bonds is 16. The first-order chi connectivity index (χ1) is 51.2. The van der Waals surface area contributed by atoms with Crippen molar-refractivity contribution < 1.29 is 54.3 Å². The molecule has 16 nitrogen and oxygen atoms in total. The van der Waals surface area contributed by atoms with Crippen LogP contribution in [-0.2, 0) is 0 Å². The molecule has 0 aliphatic heterocycles. The molecule has 0 bridgehead atoms. The molecule has 12 unspecified atom stereocenters. The Morgan fingerprint density at radius 1 is 0.361 bits per heavy atom. The summed E-state index contributed by atoms with van der Waals surface area (Å²) >= 11 is 11.8. The molecule has 12 atom stereocenters. The predicted molar refractivity (Wildman–Crippen MR) is 415 cm³/mol. The van der Waals surface area contributed by atoms with Gasteiger partial charge in [-0.05, 0) is 228 Å². The number of fused-ring (bicyclic) bond motifs is 4. The highest BCUT2D eigenvalue weighted by atomic mass is 79.9. The summed E-state index contributed by atoms with van der Waals surface area (Å²) in [5.41, 5.74) is 3.32. The fraction of sp³-hybridized carbons (Fsp3) is 0.487. The van der Waals surface area contributed by atoms with Crippen molar-refractivity contribution in [2.24, 2.45) is 57.2 Å². The van der Waals surface area contributed by atoms with Gasteiger partial charge in [0, 0.05) is 80.9 Å². The van der Waals surface area contributed by atoms with Crippen molar-refractivity contribution in [1.82, 2.24) is 41.2 Å². The molecule has 0 saturated heterocycles. The summed E-state index contributed by atoms with van der Waals surface area (Å²) in [6.45, 7) is 17.2. The monoisotopic (exact) mass is 1690 g/mol. The Balaban J connectivity index is 0.000000127. The minimum absolute atomic E-state index is 0.0967. The number of anilines is 8. The first kappa shape index (κ1) is 79.0. The first-order valence-electron chi connectivity index (χ1n) is 36.6. The molecular weight excluding hydrogens is 1610 g/mol. The molecule has 4 aromatic carbocycles. The predicted octanol–water partition coefficient (Wildman–Crippen LogP) is 21.3. The molecule has 8 N–H and O–H groups in total. The summed E-state index contributed by atoms with van der Waals surface area (Å²) < 4.78 is 108. The lowest BCUT2D eigenvalue weighted by Crippen LogP contribution is -2.63. The van der Waals surface area contributed by atoms with Gasteiger partial charge in [-0.15, -0.1) is 22.7 Å². The molecule has 4 amide bonds. The van der Waals surface area contributed by atoms with E-state index in [4.69, 9.17) is 0 Å². The van der Waals surface area contributed by atoms with Crippen molar-refractivity contribution in [1.29, 1.82) is 0 Å². The summed E-state index contributed by atoms with van der Waals surface area (Å²) in [6, 6.07) is 13.4. The number of hydrogen-bond acceptors (Lipinski definition) is 16. The number of aromatic nitrogens is 4. The molecule has 30 heteroatoms. The lowest BCUT2D eigenvalue weighted by molar-refractivity contribution is -0.0366. The van der Waals surface area contributed by atoms with Gasteiger partial charge >= 0.3 is 0 Å². The third kappa shape index (κ3) is 17.2. The fourth-order valence-electron chi connectivity index (χ4n) is 18.5. The minimum Gasteiger partial charge on any atom is -0.348 e. The van der Waals surface area contributed by atoms with Crippen LogP contribution in [0.4, 0.5) is 78.4 Å². The Kier molecular flexibility index (Phi) is 23.4. The maximum absolute atomic E-state index is 13.4. The minimum atomic E-state index is -0.676. The standard InChI is InChI=1S/2C20H23F2N3OS.2C19H20BrF2N3OS/c1-10-16(18(26)25-17-14-5-4-6-15(14)20(17,2)3)24-19(27-10)23-13-8-11(21)7-12(22)9-13;1-11-17(18(26)24-16-4-3-6-20(2)7-5-15(16)20)25-19(27-11)23-14-9-12(21)8-13(22)10-14;1-19(2)13-5-3-4-12(13)15(19)25-17(26)14-16(20)27-18(24-14)23-11-7-9(21)6-10(22)8-11;1-19-5-2-3-14(13(19)4-6-19)24-17(26)15-16(20)27-18(25-15)23-12-8-10(21)7-11(22)9-12/h7-9,14-15,17H,4-6H2,1-3H3,(H,23,24)(H,25,26);8-10,15-16H,3-7H2,1-2H3,(H,23,25)(H,24,26);6-8,12-13,15H,3-5H2,1-2H3,(H,23,24)(H,25,26);7-9,13-14H,2-6H2,1H3,(H,23,25)(H,24,26). The van der Waals surface area contributed by atoms with Crippen LogP contribution >= 0.6 is 77.2 Å². The maximum Gasteiger partial charge on any atom is 0.272 e. The summed E-state index contributed by atoms with van der Waals surface area (Å²) in [5, 5.41) is 25.8. The second kappa shape index (κ2) is 31.9. The Hall–Kier alpha value is -7.12. The summed E-state index contributed by atoms with van der Waals surface area (Å²) in [5.74, 6) is -2.54. The van der Waals surface area contributed by atoms with Crippen molar-refractivity contribution in [3.8, 4) is 0 Å². The number of halogens is 10. The largest absolute Gasteiger partial charge is 0.348 e. The number of aryl methyl sites for hydroxylation is 2. The normalized spacial score (nSPS) is 26.2. The molecule has 576 valence electrons. The van der Waals surface area contributed by atoms with Gasteiger partial charge in [0.25, 0.3) is 23.6 Å². The molecule has 0 radical (unpaired) electrons. The zero-order chi connectivity index (χ0) is 77.1. The van der Waals surface area contributed by atoms with Crippen LogP contribution in [0.3, 0.4) is 0 Å². The molecule has 8 saturated carbocycles. The topological polar surface area (TPSA) is 216 Å². The molecular formula is C78H86Br2F8N12O4S4. The number of benzene rings is 4. The molecule has 16 rings (SSSR count). The quantitative estimate of drug-likeness (QED) is 0.0424. The van der Waals surface area contributed by atoms with Crippen molar-refractivity contribution >= 4 is 144 Å². The van der Waals surface area contributed by atoms with Crippen LogP contribution in [0.1, 0.15) is 196 Å². The van der Waals surface area contributed by atoms with Crippen LogP contribution < -0.4 is 42.5 Å². The zero-order valence-corrected chi connectivity index (χ0v) is 67.3. The average molecular weight is 1700 g/mol. The van der Waals surface area contributed by atoms with E-state index in [0.29, 0.717) is 91.5 Å². The van der Waals surface area contributed by atoms with Crippen molar-refractivity contribution in [2.45, 2.75) is 182 Å². The second-order valence-electron chi connectivity index (χ2n) is 31.8. The SMILES string of the molecule is CC1(C)C2CCCC2C1NC(=O)c1nc(Nc2cc(F)cc(F)c2)sc1Br.CC12CCCC(NC(=O)c3nc(Nc4cc(F)cc(F)c4)sc3Br)C1CC2.Cc1sc(Nc2cc(F)cc(F)c2)nc1C(=O)NC1C2CCCC2C1(C)C.Cc1sc(Nc2cc(F)cc(F)c2)nc1C(=O)NC1CCCC2(C)CCC12. The van der Waals surface area contributed by atoms with E-state index >= 15 is 0 Å². The van der Waals surface area contributed by atoms with Gasteiger partial charge in [0.05, 0.1) is 0 Å². The van der Waals surface area contributed by atoms with Crippen molar-refractivity contribution in [3.63, 3.8) is 0 Å². The number of nitrogens with zero attached hydrogens (tertiary/aromatic N) is 4. The average Bonchev–Trinajstić information content (AvgIpc) is 1.50. The highest BCUT2D eigenvalue weighted by molar-refractivity contribution is 9.11. The number of amides is 4. The number of hydrogen-bond donors (Lipinski definition) is 8. The molecule has 8 aliphatic rings. The van der Waals surface area contributed by atoms with Gasteiger partial charge in [0.2, 0.25) is 0 Å². The fourth-order valence-corrected chi connectivity index (χ4v) is 23.1. The van der Waals surface area contributed by atoms with Gasteiger partial charge in [0.1, 0.15) is 65.5 Å². The van der Waals surface area contributed by atoms with E-state index in [1.165, 1.54) is 158 Å². The highest BCUT2D eigenvalue weighted by Crippen LogP contribution is 2.61. The Labute approximate surface area is 655 Å². The van der Waals surface area contributed by atoms with E-state index in [1.54, 1.807) is 0 Å². The van der Waals surface area contributed by atoms with Crippen LogP contribution in [0.25, 0.3) is 0 Å². The van der Waals surface area contributed by atoms with Crippen LogP contribution in [0.5, 0.6) is 0 Å². The van der Waals surface area contributed by atoms with Gasteiger partial charge in [-0.2, -0.15) is 0 Å². The molecule has 108 heavy (non-hydrogen) atoms. The number of nitrogens with one attached hydrogen (secondary N) is 8. The Morgan fingerprint density at radius 2 is 0.648 bits per heavy atom. The third-order valence-electron chi connectivity index (χ3n) is 24.1.